The fraction of sp³-hybridized carbons (Fsp3) is 0.500. The van der Waals surface area contributed by atoms with Crippen LogP contribution in [0.4, 0.5) is 0 Å². The summed E-state index contributed by atoms with van der Waals surface area (Å²) >= 11 is 6.13. The third-order valence-electron chi connectivity index (χ3n) is 3.82. The number of halogens is 1. The van der Waals surface area contributed by atoms with E-state index < -0.39 is 0 Å². The molecule has 1 aromatic rings. The molecular weight excluding hydrogens is 286 g/mol. The Labute approximate surface area is 130 Å². The van der Waals surface area contributed by atoms with Crippen molar-refractivity contribution in [1.82, 2.24) is 10.2 Å². The molecule has 2 rings (SSSR count). The summed E-state index contributed by atoms with van der Waals surface area (Å²) in [5, 5.41) is 12.6. The molecular formula is C16H20ClN3O. The average molecular weight is 306 g/mol. The van der Waals surface area contributed by atoms with E-state index in [2.05, 4.69) is 11.4 Å². The number of hydrogen-bond donors (Lipinski definition) is 1. The lowest BCUT2D eigenvalue weighted by molar-refractivity contribution is -0.133. The summed E-state index contributed by atoms with van der Waals surface area (Å²) in [6.45, 7) is 4.13. The number of likely N-dealkylation sites (tertiary alicyclic amines) is 1. The van der Waals surface area contributed by atoms with E-state index in [4.69, 9.17) is 16.9 Å². The first-order valence-electron chi connectivity index (χ1n) is 7.32. The summed E-state index contributed by atoms with van der Waals surface area (Å²) in [4.78, 5) is 14.2. The van der Waals surface area contributed by atoms with E-state index in [1.165, 1.54) is 6.42 Å². The van der Waals surface area contributed by atoms with Crippen LogP contribution in [0.2, 0.25) is 5.02 Å². The Morgan fingerprint density at radius 1 is 1.43 bits per heavy atom. The van der Waals surface area contributed by atoms with E-state index in [0.717, 1.165) is 31.5 Å². The molecule has 1 saturated heterocycles. The van der Waals surface area contributed by atoms with Gasteiger partial charge in [-0.25, -0.2) is 0 Å². The zero-order valence-electron chi connectivity index (χ0n) is 12.2. The molecule has 1 aromatic carbocycles. The zero-order valence-corrected chi connectivity index (χ0v) is 13.0. The maximum Gasteiger partial charge on any atom is 0.239 e. The molecule has 1 aliphatic rings. The third-order valence-corrected chi connectivity index (χ3v) is 4.17. The van der Waals surface area contributed by atoms with Crippen LogP contribution in [-0.4, -0.2) is 29.9 Å². The summed E-state index contributed by atoms with van der Waals surface area (Å²) in [6.07, 6.45) is 3.41. The number of rotatable bonds is 4. The number of carbonyl (C=O) groups excluding carboxylic acids is 1. The van der Waals surface area contributed by atoms with Gasteiger partial charge >= 0.3 is 0 Å². The summed E-state index contributed by atoms with van der Waals surface area (Å²) in [6, 6.07) is 7.04. The van der Waals surface area contributed by atoms with Crippen LogP contribution in [0.5, 0.6) is 0 Å². The van der Waals surface area contributed by atoms with Crippen LogP contribution in [0.3, 0.4) is 0 Å². The second-order valence-corrected chi connectivity index (χ2v) is 5.81. The Balaban J connectivity index is 1.90. The molecule has 1 N–H and O–H groups in total. The van der Waals surface area contributed by atoms with Crippen LogP contribution in [-0.2, 0) is 11.3 Å². The Morgan fingerprint density at radius 3 is 2.76 bits per heavy atom. The van der Waals surface area contributed by atoms with Crippen molar-refractivity contribution < 1.29 is 4.79 Å². The maximum absolute atomic E-state index is 12.3. The highest BCUT2D eigenvalue weighted by molar-refractivity contribution is 6.31. The molecule has 112 valence electrons. The molecule has 0 spiro atoms. The first-order valence-corrected chi connectivity index (χ1v) is 7.70. The molecule has 0 aliphatic carbocycles. The van der Waals surface area contributed by atoms with Gasteiger partial charge in [0.2, 0.25) is 5.91 Å². The predicted molar refractivity (Wildman–Crippen MR) is 82.9 cm³/mol. The number of amides is 1. The molecule has 0 saturated carbocycles. The molecule has 4 nitrogen and oxygen atoms in total. The van der Waals surface area contributed by atoms with E-state index in [-0.39, 0.29) is 11.9 Å². The van der Waals surface area contributed by atoms with Gasteiger partial charge in [-0.15, -0.1) is 0 Å². The van der Waals surface area contributed by atoms with Crippen LogP contribution in [0.1, 0.15) is 37.3 Å². The molecule has 1 fully saturated rings. The summed E-state index contributed by atoms with van der Waals surface area (Å²) < 4.78 is 0. The van der Waals surface area contributed by atoms with Crippen LogP contribution in [0, 0.1) is 11.3 Å². The Bertz CT molecular complexity index is 547. The van der Waals surface area contributed by atoms with Crippen molar-refractivity contribution in [2.24, 2.45) is 0 Å². The Kier molecular flexibility index (Phi) is 5.60. The van der Waals surface area contributed by atoms with Gasteiger partial charge in [0, 0.05) is 24.7 Å². The van der Waals surface area contributed by atoms with E-state index >= 15 is 0 Å². The lowest BCUT2D eigenvalue weighted by Gasteiger charge is -2.29. The normalized spacial score (nSPS) is 16.3. The molecule has 1 aliphatic heterocycles. The van der Waals surface area contributed by atoms with E-state index in [9.17, 15) is 4.79 Å². The largest absolute Gasteiger partial charge is 0.341 e. The molecule has 21 heavy (non-hydrogen) atoms. The molecule has 5 heteroatoms. The van der Waals surface area contributed by atoms with Gasteiger partial charge in [-0.1, -0.05) is 17.7 Å². The van der Waals surface area contributed by atoms with Crippen molar-refractivity contribution in [2.75, 3.05) is 13.1 Å². The molecule has 0 radical (unpaired) electrons. The van der Waals surface area contributed by atoms with Crippen molar-refractivity contribution >= 4 is 17.5 Å². The molecule has 0 bridgehead atoms. The fourth-order valence-electron chi connectivity index (χ4n) is 2.50. The fourth-order valence-corrected chi connectivity index (χ4v) is 2.75. The monoisotopic (exact) mass is 305 g/mol. The summed E-state index contributed by atoms with van der Waals surface area (Å²) in [5.74, 6) is 0.152. The maximum atomic E-state index is 12.3. The Morgan fingerprint density at radius 2 is 2.14 bits per heavy atom. The van der Waals surface area contributed by atoms with Gasteiger partial charge < -0.3 is 10.2 Å². The number of carbonyl (C=O) groups is 1. The molecule has 1 amide bonds. The minimum absolute atomic E-state index is 0.152. The highest BCUT2D eigenvalue weighted by Crippen LogP contribution is 2.18. The first-order chi connectivity index (χ1) is 10.1. The summed E-state index contributed by atoms with van der Waals surface area (Å²) in [5.41, 5.74) is 1.44. The molecule has 1 heterocycles. The standard InChI is InChI=1S/C16H20ClN3O/c1-12(16(21)20-7-3-2-4-8-20)19-11-14-6-5-13(10-18)9-15(14)17/h5-6,9,12,19H,2-4,7-8,11H2,1H3. The Hall–Kier alpha value is -1.57. The smallest absolute Gasteiger partial charge is 0.239 e. The highest BCUT2D eigenvalue weighted by Gasteiger charge is 2.21. The van der Waals surface area contributed by atoms with Crippen LogP contribution >= 0.6 is 11.6 Å². The van der Waals surface area contributed by atoms with Crippen molar-refractivity contribution in [3.8, 4) is 6.07 Å². The average Bonchev–Trinajstić information content (AvgIpc) is 2.53. The van der Waals surface area contributed by atoms with Crippen molar-refractivity contribution in [1.29, 1.82) is 5.26 Å². The topological polar surface area (TPSA) is 56.1 Å². The second-order valence-electron chi connectivity index (χ2n) is 5.41. The molecule has 0 aromatic heterocycles. The van der Waals surface area contributed by atoms with Crippen molar-refractivity contribution in [2.45, 2.75) is 38.8 Å². The van der Waals surface area contributed by atoms with Crippen LogP contribution < -0.4 is 5.32 Å². The lowest BCUT2D eigenvalue weighted by atomic mass is 10.1. The quantitative estimate of drug-likeness (QED) is 0.930. The third kappa shape index (κ3) is 4.20. The number of nitrogens with zero attached hydrogens (tertiary/aromatic N) is 2. The SMILES string of the molecule is CC(NCc1ccc(C#N)cc1Cl)C(=O)N1CCCCC1. The van der Waals surface area contributed by atoms with E-state index in [1.807, 2.05) is 17.9 Å². The van der Waals surface area contributed by atoms with Gasteiger partial charge in [0.15, 0.2) is 0 Å². The predicted octanol–water partition coefficient (Wildman–Crippen LogP) is 2.70. The van der Waals surface area contributed by atoms with Crippen molar-refractivity contribution in [3.63, 3.8) is 0 Å². The van der Waals surface area contributed by atoms with Gasteiger partial charge in [-0.05, 0) is 43.9 Å². The number of nitrogens with one attached hydrogen (secondary N) is 1. The highest BCUT2D eigenvalue weighted by atomic mass is 35.5. The van der Waals surface area contributed by atoms with Crippen LogP contribution in [0.15, 0.2) is 18.2 Å². The zero-order chi connectivity index (χ0) is 15.2. The van der Waals surface area contributed by atoms with Gasteiger partial charge in [0.05, 0.1) is 17.7 Å². The minimum atomic E-state index is -0.227. The van der Waals surface area contributed by atoms with E-state index in [1.54, 1.807) is 12.1 Å². The van der Waals surface area contributed by atoms with Gasteiger partial charge in [0.1, 0.15) is 0 Å². The first kappa shape index (κ1) is 15.8. The number of hydrogen-bond acceptors (Lipinski definition) is 3. The number of piperidine rings is 1. The molecule has 1 atom stereocenters. The van der Waals surface area contributed by atoms with Gasteiger partial charge in [0.25, 0.3) is 0 Å². The number of nitriles is 1. The molecule has 1 unspecified atom stereocenters. The van der Waals surface area contributed by atoms with Gasteiger partial charge in [-0.2, -0.15) is 5.26 Å². The summed E-state index contributed by atoms with van der Waals surface area (Å²) in [7, 11) is 0. The number of benzene rings is 1. The minimum Gasteiger partial charge on any atom is -0.341 e. The van der Waals surface area contributed by atoms with Crippen LogP contribution in [0.25, 0.3) is 0 Å². The second kappa shape index (κ2) is 7.44. The van der Waals surface area contributed by atoms with Crippen molar-refractivity contribution in [3.05, 3.63) is 34.3 Å². The van der Waals surface area contributed by atoms with Gasteiger partial charge in [-0.3, -0.25) is 4.79 Å². The lowest BCUT2D eigenvalue weighted by Crippen LogP contribution is -2.46. The van der Waals surface area contributed by atoms with E-state index in [0.29, 0.717) is 17.1 Å².